The summed E-state index contributed by atoms with van der Waals surface area (Å²) >= 11 is 0. The minimum absolute atomic E-state index is 0.676. The van der Waals surface area contributed by atoms with Gasteiger partial charge in [-0.2, -0.15) is 0 Å². The first-order valence-corrected chi connectivity index (χ1v) is 4.52. The van der Waals surface area contributed by atoms with Crippen LogP contribution >= 0.6 is 0 Å². The second-order valence-electron chi connectivity index (χ2n) is 3.20. The molecule has 0 aliphatic heterocycles. The Balaban J connectivity index is 2.32. The van der Waals surface area contributed by atoms with E-state index >= 15 is 0 Å². The summed E-state index contributed by atoms with van der Waals surface area (Å²) in [4.78, 5) is 7.60. The van der Waals surface area contributed by atoms with Crippen LogP contribution < -0.4 is 5.73 Å². The number of hydrogen-bond acceptors (Lipinski definition) is 3. The van der Waals surface area contributed by atoms with Gasteiger partial charge < -0.3 is 15.5 Å². The number of fused-ring (bicyclic) bond motifs is 1. The number of nitrogens with one attached hydrogen (secondary N) is 1. The molecule has 0 unspecified atom stereocenters. The Morgan fingerprint density at radius 1 is 1.50 bits per heavy atom. The minimum Gasteiger partial charge on any atom is -0.399 e. The average Bonchev–Trinajstić information content (AvgIpc) is 2.56. The molecule has 1 aromatic heterocycles. The number of nitrogen functional groups attached to an aromatic ring is 1. The van der Waals surface area contributed by atoms with Crippen LogP contribution in [0.4, 0.5) is 5.69 Å². The van der Waals surface area contributed by atoms with Gasteiger partial charge in [-0.3, -0.25) is 0 Å². The number of rotatable bonds is 3. The summed E-state index contributed by atoms with van der Waals surface area (Å²) in [5.74, 6) is 0.937. The number of anilines is 1. The number of aromatic nitrogens is 2. The number of nitrogens with zero attached hydrogens (tertiary/aromatic N) is 1. The summed E-state index contributed by atoms with van der Waals surface area (Å²) in [6, 6.07) is 5.65. The average molecular weight is 191 g/mol. The number of methoxy groups -OCH3 is 1. The number of hydrogen-bond donors (Lipinski definition) is 2. The van der Waals surface area contributed by atoms with Crippen molar-refractivity contribution in [1.29, 1.82) is 0 Å². The lowest BCUT2D eigenvalue weighted by Gasteiger charge is -1.92. The van der Waals surface area contributed by atoms with Crippen molar-refractivity contribution in [2.24, 2.45) is 0 Å². The summed E-state index contributed by atoms with van der Waals surface area (Å²) in [5.41, 5.74) is 8.34. The molecule has 0 atom stereocenters. The lowest BCUT2D eigenvalue weighted by atomic mass is 10.3. The minimum atomic E-state index is 0.676. The van der Waals surface area contributed by atoms with E-state index in [1.54, 1.807) is 7.11 Å². The molecular weight excluding hydrogens is 178 g/mol. The topological polar surface area (TPSA) is 63.9 Å². The van der Waals surface area contributed by atoms with Crippen LogP contribution in [0.2, 0.25) is 0 Å². The van der Waals surface area contributed by atoms with Crippen molar-refractivity contribution in [2.75, 3.05) is 19.5 Å². The Hall–Kier alpha value is -1.55. The van der Waals surface area contributed by atoms with Gasteiger partial charge in [0.25, 0.3) is 0 Å². The van der Waals surface area contributed by atoms with E-state index in [2.05, 4.69) is 9.97 Å². The van der Waals surface area contributed by atoms with Crippen LogP contribution in [0.1, 0.15) is 5.82 Å². The zero-order valence-corrected chi connectivity index (χ0v) is 8.08. The Kier molecular flexibility index (Phi) is 2.37. The van der Waals surface area contributed by atoms with E-state index in [0.29, 0.717) is 6.61 Å². The maximum absolute atomic E-state index is 5.66. The molecule has 0 spiro atoms. The molecule has 0 radical (unpaired) electrons. The standard InChI is InChI=1S/C10H13N3O/c1-14-5-4-10-12-8-3-2-7(11)6-9(8)13-10/h2-3,6H,4-5,11H2,1H3,(H,12,13). The molecule has 3 N–H and O–H groups in total. The molecule has 4 nitrogen and oxygen atoms in total. The lowest BCUT2D eigenvalue weighted by Crippen LogP contribution is -1.95. The number of H-pyrrole nitrogens is 1. The van der Waals surface area contributed by atoms with Crippen molar-refractivity contribution in [3.8, 4) is 0 Å². The zero-order chi connectivity index (χ0) is 9.97. The number of nitrogens with two attached hydrogens (primary N) is 1. The number of aromatic amines is 1. The Labute approximate surface area is 82.1 Å². The van der Waals surface area contributed by atoms with E-state index in [4.69, 9.17) is 10.5 Å². The van der Waals surface area contributed by atoms with Crippen molar-refractivity contribution in [2.45, 2.75) is 6.42 Å². The monoisotopic (exact) mass is 191 g/mol. The van der Waals surface area contributed by atoms with E-state index < -0.39 is 0 Å². The van der Waals surface area contributed by atoms with Crippen LogP contribution in [0.25, 0.3) is 11.0 Å². The maximum Gasteiger partial charge on any atom is 0.109 e. The second-order valence-corrected chi connectivity index (χ2v) is 3.20. The van der Waals surface area contributed by atoms with E-state index in [0.717, 1.165) is 29.0 Å². The van der Waals surface area contributed by atoms with Crippen molar-refractivity contribution in [1.82, 2.24) is 9.97 Å². The molecule has 1 heterocycles. The highest BCUT2D eigenvalue weighted by atomic mass is 16.5. The summed E-state index contributed by atoms with van der Waals surface area (Å²) in [6.07, 6.45) is 0.797. The fourth-order valence-corrected chi connectivity index (χ4v) is 1.40. The quantitative estimate of drug-likeness (QED) is 0.719. The third-order valence-corrected chi connectivity index (χ3v) is 2.10. The molecule has 14 heavy (non-hydrogen) atoms. The van der Waals surface area contributed by atoms with Gasteiger partial charge in [-0.1, -0.05) is 0 Å². The molecule has 4 heteroatoms. The first-order chi connectivity index (χ1) is 6.79. The lowest BCUT2D eigenvalue weighted by molar-refractivity contribution is 0.201. The number of ether oxygens (including phenoxy) is 1. The summed E-state index contributed by atoms with van der Waals surface area (Å²) < 4.78 is 4.98. The van der Waals surface area contributed by atoms with Gasteiger partial charge in [-0.05, 0) is 18.2 Å². The van der Waals surface area contributed by atoms with E-state index in [-0.39, 0.29) is 0 Å². The van der Waals surface area contributed by atoms with E-state index in [1.165, 1.54) is 0 Å². The molecule has 0 fully saturated rings. The SMILES string of the molecule is COCCc1nc2ccc(N)cc2[nH]1. The van der Waals surface area contributed by atoms with Crippen LogP contribution in [-0.4, -0.2) is 23.7 Å². The van der Waals surface area contributed by atoms with Gasteiger partial charge in [0.15, 0.2) is 0 Å². The third-order valence-electron chi connectivity index (χ3n) is 2.10. The van der Waals surface area contributed by atoms with Gasteiger partial charge in [-0.15, -0.1) is 0 Å². The van der Waals surface area contributed by atoms with Gasteiger partial charge >= 0.3 is 0 Å². The predicted octanol–water partition coefficient (Wildman–Crippen LogP) is 1.33. The van der Waals surface area contributed by atoms with Crippen LogP contribution in [0.3, 0.4) is 0 Å². The molecule has 2 rings (SSSR count). The maximum atomic E-state index is 5.66. The highest BCUT2D eigenvalue weighted by Crippen LogP contribution is 2.14. The van der Waals surface area contributed by atoms with Crippen LogP contribution in [0.15, 0.2) is 18.2 Å². The molecule has 0 saturated carbocycles. The molecule has 0 saturated heterocycles. The molecule has 2 aromatic rings. The molecule has 74 valence electrons. The van der Waals surface area contributed by atoms with Gasteiger partial charge in [0.05, 0.1) is 17.6 Å². The molecule has 0 bridgehead atoms. The molecule has 1 aromatic carbocycles. The first kappa shape index (κ1) is 9.02. The van der Waals surface area contributed by atoms with Gasteiger partial charge in [0.2, 0.25) is 0 Å². The highest BCUT2D eigenvalue weighted by Gasteiger charge is 2.01. The Bertz CT molecular complexity index is 436. The number of imidazole rings is 1. The summed E-state index contributed by atoms with van der Waals surface area (Å²) in [5, 5.41) is 0. The molecular formula is C10H13N3O. The van der Waals surface area contributed by atoms with Crippen molar-refractivity contribution in [3.63, 3.8) is 0 Å². The van der Waals surface area contributed by atoms with Crippen molar-refractivity contribution in [3.05, 3.63) is 24.0 Å². The van der Waals surface area contributed by atoms with Crippen molar-refractivity contribution >= 4 is 16.7 Å². The van der Waals surface area contributed by atoms with Gasteiger partial charge in [0, 0.05) is 19.2 Å². The predicted molar refractivity (Wildman–Crippen MR) is 56.1 cm³/mol. The largest absolute Gasteiger partial charge is 0.399 e. The second kappa shape index (κ2) is 3.67. The van der Waals surface area contributed by atoms with Crippen LogP contribution in [0.5, 0.6) is 0 Å². The Morgan fingerprint density at radius 3 is 3.14 bits per heavy atom. The molecule has 0 aliphatic rings. The molecule has 0 amide bonds. The van der Waals surface area contributed by atoms with Crippen molar-refractivity contribution < 1.29 is 4.74 Å². The fourth-order valence-electron chi connectivity index (χ4n) is 1.40. The zero-order valence-electron chi connectivity index (χ0n) is 8.08. The fraction of sp³-hybridized carbons (Fsp3) is 0.300. The van der Waals surface area contributed by atoms with Crippen LogP contribution in [0, 0.1) is 0 Å². The summed E-state index contributed by atoms with van der Waals surface area (Å²) in [7, 11) is 1.68. The van der Waals surface area contributed by atoms with Crippen LogP contribution in [-0.2, 0) is 11.2 Å². The van der Waals surface area contributed by atoms with Gasteiger partial charge in [0.1, 0.15) is 5.82 Å². The highest BCUT2D eigenvalue weighted by molar-refractivity contribution is 5.78. The normalized spacial score (nSPS) is 10.9. The van der Waals surface area contributed by atoms with E-state index in [1.807, 2.05) is 18.2 Å². The first-order valence-electron chi connectivity index (χ1n) is 4.52. The smallest absolute Gasteiger partial charge is 0.109 e. The summed E-state index contributed by atoms with van der Waals surface area (Å²) in [6.45, 7) is 0.676. The van der Waals surface area contributed by atoms with Gasteiger partial charge in [-0.25, -0.2) is 4.98 Å². The third kappa shape index (κ3) is 1.70. The molecule has 0 aliphatic carbocycles. The Morgan fingerprint density at radius 2 is 2.36 bits per heavy atom. The number of benzene rings is 1. The van der Waals surface area contributed by atoms with E-state index in [9.17, 15) is 0 Å².